The molecule has 30 heavy (non-hydrogen) atoms. The van der Waals surface area contributed by atoms with Crippen molar-refractivity contribution >= 4 is 37.3 Å². The van der Waals surface area contributed by atoms with E-state index in [-0.39, 0.29) is 5.91 Å². The zero-order valence-corrected chi connectivity index (χ0v) is 19.1. The monoisotopic (exact) mass is 440 g/mol. The molecule has 0 radical (unpaired) electrons. The van der Waals surface area contributed by atoms with Crippen LogP contribution in [-0.2, 0) is 16.5 Å². The zero-order chi connectivity index (χ0) is 21.0. The van der Waals surface area contributed by atoms with Crippen molar-refractivity contribution in [2.75, 3.05) is 12.5 Å². The number of thiol groups is 1. The molecule has 2 N–H and O–H groups in total. The Morgan fingerprint density at radius 3 is 2.53 bits per heavy atom. The molecule has 3 heterocycles. The highest BCUT2D eigenvalue weighted by atomic mass is 32.2. The minimum Gasteiger partial charge on any atom is -0.332 e. The molecule has 6 rings (SSSR count). The van der Waals surface area contributed by atoms with Crippen LogP contribution in [0.3, 0.4) is 0 Å². The predicted molar refractivity (Wildman–Crippen MR) is 126 cm³/mol. The number of carbonyl (C=O) groups excluding carboxylic acids is 1. The molecule has 2 atom stereocenters. The topological polar surface area (TPSA) is 63.4 Å². The van der Waals surface area contributed by atoms with Gasteiger partial charge >= 0.3 is 0 Å². The molecule has 1 aromatic heterocycles. The third kappa shape index (κ3) is 3.31. The van der Waals surface area contributed by atoms with E-state index in [2.05, 4.69) is 29.2 Å². The first-order valence-corrected chi connectivity index (χ1v) is 14.0. The molecule has 1 amide bonds. The van der Waals surface area contributed by atoms with Gasteiger partial charge in [-0.1, -0.05) is 40.3 Å². The lowest BCUT2D eigenvalue weighted by atomic mass is 9.71. The quantitative estimate of drug-likeness (QED) is 0.599. The summed E-state index contributed by atoms with van der Waals surface area (Å²) in [4.78, 5) is 17.1. The maximum atomic E-state index is 13.4. The minimum atomic E-state index is -2.39. The molecule has 2 bridgehead atoms. The number of hydrogen-bond donors (Lipinski definition) is 2. The molecular formula is C24H28N2O2S2. The SMILES string of the molecule is C[SH](C)(=O)c1cccc2sc(C(=O)N3C4CC(c5cccc(CN)c5)CC3C4)cc12. The zero-order valence-electron chi connectivity index (χ0n) is 17.4. The Morgan fingerprint density at radius 2 is 1.83 bits per heavy atom. The van der Waals surface area contributed by atoms with Gasteiger partial charge in [0.2, 0.25) is 0 Å². The van der Waals surface area contributed by atoms with Gasteiger partial charge in [0.05, 0.1) is 4.88 Å². The first-order valence-electron chi connectivity index (χ1n) is 10.5. The third-order valence-electron chi connectivity index (χ3n) is 6.67. The minimum absolute atomic E-state index is 0.139. The van der Waals surface area contributed by atoms with Gasteiger partial charge in [0, 0.05) is 33.6 Å². The maximum Gasteiger partial charge on any atom is 0.264 e. The smallest absolute Gasteiger partial charge is 0.264 e. The molecule has 3 aliphatic rings. The molecule has 2 unspecified atom stereocenters. The van der Waals surface area contributed by atoms with Gasteiger partial charge in [-0.05, 0) is 67.0 Å². The average Bonchev–Trinajstić information content (AvgIpc) is 3.17. The van der Waals surface area contributed by atoms with Crippen LogP contribution in [0, 0.1) is 0 Å². The molecule has 1 saturated carbocycles. The van der Waals surface area contributed by atoms with E-state index in [9.17, 15) is 9.00 Å². The Labute approximate surface area is 182 Å². The summed E-state index contributed by atoms with van der Waals surface area (Å²) in [6.45, 7) is 0.564. The van der Waals surface area contributed by atoms with Crippen molar-refractivity contribution in [1.29, 1.82) is 0 Å². The summed E-state index contributed by atoms with van der Waals surface area (Å²) in [6.07, 6.45) is 6.73. The third-order valence-corrected chi connectivity index (χ3v) is 9.30. The van der Waals surface area contributed by atoms with Crippen LogP contribution in [0.15, 0.2) is 53.4 Å². The standard InChI is InChI=1S/C24H28N2O2S2/c1-30(2,28)23-8-4-7-21-20(23)13-22(29-21)24(27)26-18-10-17(11-19(26)12-18)16-6-3-5-15(9-16)14-25/h3-9,13,17-19,30H,10-12,14,25H2,1-2H3. The van der Waals surface area contributed by atoms with E-state index in [1.54, 1.807) is 12.5 Å². The van der Waals surface area contributed by atoms with Crippen LogP contribution in [0.1, 0.15) is 46.0 Å². The van der Waals surface area contributed by atoms with E-state index < -0.39 is 9.93 Å². The molecule has 1 aliphatic carbocycles. The van der Waals surface area contributed by atoms with Gasteiger partial charge < -0.3 is 10.6 Å². The second kappa shape index (κ2) is 7.29. The number of nitrogens with two attached hydrogens (primary N) is 1. The van der Waals surface area contributed by atoms with Crippen molar-refractivity contribution in [3.63, 3.8) is 0 Å². The summed E-state index contributed by atoms with van der Waals surface area (Å²) < 4.78 is 13.7. The van der Waals surface area contributed by atoms with Crippen molar-refractivity contribution in [2.45, 2.75) is 48.7 Å². The van der Waals surface area contributed by atoms with Crippen molar-refractivity contribution in [1.82, 2.24) is 4.90 Å². The molecule has 3 aromatic rings. The molecule has 6 heteroatoms. The lowest BCUT2D eigenvalue weighted by Crippen LogP contribution is -2.62. The normalized spacial score (nSPS) is 24.0. The molecule has 0 spiro atoms. The second-order valence-electron chi connectivity index (χ2n) is 9.02. The van der Waals surface area contributed by atoms with Crippen molar-refractivity contribution in [3.05, 3.63) is 64.5 Å². The molecule has 2 saturated heterocycles. The van der Waals surface area contributed by atoms with Gasteiger partial charge in [0.1, 0.15) is 0 Å². The lowest BCUT2D eigenvalue weighted by molar-refractivity contribution is -0.0185. The van der Waals surface area contributed by atoms with Gasteiger partial charge in [-0.15, -0.1) is 11.3 Å². The van der Waals surface area contributed by atoms with E-state index in [0.717, 1.165) is 39.1 Å². The van der Waals surface area contributed by atoms with Crippen LogP contribution < -0.4 is 5.73 Å². The fourth-order valence-corrected chi connectivity index (χ4v) is 7.52. The maximum absolute atomic E-state index is 13.4. The largest absolute Gasteiger partial charge is 0.332 e. The molecular weight excluding hydrogens is 412 g/mol. The number of thiophene rings is 1. The summed E-state index contributed by atoms with van der Waals surface area (Å²) in [7, 11) is -2.39. The number of fused-ring (bicyclic) bond motifs is 3. The van der Waals surface area contributed by atoms with Gasteiger partial charge in [-0.3, -0.25) is 9.00 Å². The van der Waals surface area contributed by atoms with Crippen molar-refractivity contribution in [2.24, 2.45) is 5.73 Å². The molecule has 4 nitrogen and oxygen atoms in total. The number of benzene rings is 2. The van der Waals surface area contributed by atoms with Crippen molar-refractivity contribution in [3.8, 4) is 0 Å². The van der Waals surface area contributed by atoms with Crippen LogP contribution in [0.5, 0.6) is 0 Å². The summed E-state index contributed by atoms with van der Waals surface area (Å²) in [5.41, 5.74) is 8.34. The molecule has 2 aliphatic heterocycles. The first kappa shape index (κ1) is 19.9. The fourth-order valence-electron chi connectivity index (χ4n) is 5.20. The highest BCUT2D eigenvalue weighted by Crippen LogP contribution is 2.47. The number of piperidine rings is 1. The number of rotatable bonds is 4. The number of hydrogen-bond acceptors (Lipinski definition) is 4. The second-order valence-corrected chi connectivity index (χ2v) is 13.3. The lowest BCUT2D eigenvalue weighted by Gasteiger charge is -2.55. The van der Waals surface area contributed by atoms with Crippen LogP contribution in [-0.4, -0.2) is 39.6 Å². The van der Waals surface area contributed by atoms with Crippen LogP contribution >= 0.6 is 11.3 Å². The average molecular weight is 441 g/mol. The summed E-state index contributed by atoms with van der Waals surface area (Å²) >= 11 is 1.53. The van der Waals surface area contributed by atoms with E-state index in [1.165, 1.54) is 22.5 Å². The highest BCUT2D eigenvalue weighted by molar-refractivity contribution is 8.02. The van der Waals surface area contributed by atoms with E-state index >= 15 is 0 Å². The van der Waals surface area contributed by atoms with Gasteiger partial charge in [0.25, 0.3) is 5.91 Å². The molecule has 3 fully saturated rings. The molecule has 2 aromatic carbocycles. The molecule has 158 valence electrons. The van der Waals surface area contributed by atoms with Gasteiger partial charge in [-0.25, -0.2) is 0 Å². The van der Waals surface area contributed by atoms with Crippen molar-refractivity contribution < 1.29 is 9.00 Å². The van der Waals surface area contributed by atoms with E-state index in [0.29, 0.717) is 24.5 Å². The summed E-state index contributed by atoms with van der Waals surface area (Å²) in [5, 5.41) is 0.973. The van der Waals surface area contributed by atoms with Gasteiger partial charge in [0.15, 0.2) is 0 Å². The number of amides is 1. The Hall–Kier alpha value is -2.02. The van der Waals surface area contributed by atoms with E-state index in [4.69, 9.17) is 5.73 Å². The summed E-state index contributed by atoms with van der Waals surface area (Å²) in [5.74, 6) is 0.643. The van der Waals surface area contributed by atoms with Gasteiger partial charge in [-0.2, -0.15) is 0 Å². The number of carbonyl (C=O) groups is 1. The van der Waals surface area contributed by atoms with Crippen LogP contribution in [0.4, 0.5) is 0 Å². The Morgan fingerprint density at radius 1 is 1.10 bits per heavy atom. The van der Waals surface area contributed by atoms with E-state index in [1.807, 2.05) is 24.3 Å². The Kier molecular flexibility index (Phi) is 4.84. The Bertz CT molecular complexity index is 1170. The predicted octanol–water partition coefficient (Wildman–Crippen LogP) is 4.16. The van der Waals surface area contributed by atoms with Crippen LogP contribution in [0.2, 0.25) is 0 Å². The fraction of sp³-hybridized carbons (Fsp3) is 0.375. The Balaban J connectivity index is 1.38. The summed E-state index contributed by atoms with van der Waals surface area (Å²) in [6, 6.07) is 17.1. The highest BCUT2D eigenvalue weighted by Gasteiger charge is 2.48. The van der Waals surface area contributed by atoms with Crippen LogP contribution in [0.25, 0.3) is 10.1 Å². The first-order chi connectivity index (χ1) is 14.3. The number of nitrogens with zero attached hydrogens (tertiary/aromatic N) is 1.